The molecule has 2 aromatic rings. The van der Waals surface area contributed by atoms with Gasteiger partial charge in [0.2, 0.25) is 0 Å². The molecule has 0 radical (unpaired) electrons. The maximum absolute atomic E-state index is 4.30. The van der Waals surface area contributed by atoms with Crippen molar-refractivity contribution in [2.24, 2.45) is 0 Å². The third-order valence-electron chi connectivity index (χ3n) is 2.77. The van der Waals surface area contributed by atoms with Crippen LogP contribution in [-0.4, -0.2) is 32.9 Å². The monoisotopic (exact) mass is 248 g/mol. The Morgan fingerprint density at radius 3 is 2.82 bits per heavy atom. The summed E-state index contributed by atoms with van der Waals surface area (Å²) < 4.78 is 0. The van der Waals surface area contributed by atoms with E-state index in [2.05, 4.69) is 39.2 Å². The number of hydrogen-bond donors (Lipinski definition) is 0. The lowest BCUT2D eigenvalue weighted by Crippen LogP contribution is -2.30. The molecule has 0 bridgehead atoms. The van der Waals surface area contributed by atoms with Crippen molar-refractivity contribution in [3.63, 3.8) is 0 Å². The average Bonchev–Trinajstić information content (AvgIpc) is 2.83. The third-order valence-corrected chi connectivity index (χ3v) is 3.40. The lowest BCUT2D eigenvalue weighted by atomic mass is 10.1. The van der Waals surface area contributed by atoms with E-state index < -0.39 is 0 Å². The number of aromatic nitrogens is 3. The Balaban J connectivity index is 1.89. The van der Waals surface area contributed by atoms with Gasteiger partial charge in [0, 0.05) is 43.0 Å². The van der Waals surface area contributed by atoms with E-state index in [1.807, 2.05) is 11.7 Å². The molecule has 0 aliphatic rings. The highest BCUT2D eigenvalue weighted by atomic mass is 32.1. The van der Waals surface area contributed by atoms with Crippen LogP contribution in [0.15, 0.2) is 29.5 Å². The summed E-state index contributed by atoms with van der Waals surface area (Å²) in [5, 5.41) is 2.09. The van der Waals surface area contributed by atoms with Gasteiger partial charge in [-0.1, -0.05) is 0 Å². The van der Waals surface area contributed by atoms with Crippen LogP contribution < -0.4 is 0 Å². The summed E-state index contributed by atoms with van der Waals surface area (Å²) in [6, 6.07) is 0.424. The predicted octanol–water partition coefficient (Wildman–Crippen LogP) is 2.00. The fourth-order valence-electron chi connectivity index (χ4n) is 1.62. The molecule has 1 atom stereocenters. The van der Waals surface area contributed by atoms with Crippen LogP contribution >= 0.6 is 11.3 Å². The van der Waals surface area contributed by atoms with Gasteiger partial charge in [0.1, 0.15) is 0 Å². The average molecular weight is 248 g/mol. The Labute approximate surface area is 105 Å². The highest BCUT2D eigenvalue weighted by molar-refractivity contribution is 7.07. The fraction of sp³-hybridized carbons (Fsp3) is 0.417. The lowest BCUT2D eigenvalue weighted by Gasteiger charge is -2.23. The van der Waals surface area contributed by atoms with Crippen molar-refractivity contribution in [3.8, 4) is 0 Å². The normalized spacial score (nSPS) is 12.9. The summed E-state index contributed by atoms with van der Waals surface area (Å²) >= 11 is 1.64. The van der Waals surface area contributed by atoms with Gasteiger partial charge in [-0.05, 0) is 14.0 Å². The van der Waals surface area contributed by atoms with Crippen LogP contribution in [0.2, 0.25) is 0 Å². The van der Waals surface area contributed by atoms with Gasteiger partial charge in [0.05, 0.1) is 16.9 Å². The van der Waals surface area contributed by atoms with Crippen LogP contribution in [0, 0.1) is 0 Å². The molecule has 0 amide bonds. The van der Waals surface area contributed by atoms with Gasteiger partial charge in [0.25, 0.3) is 0 Å². The maximum atomic E-state index is 4.30. The van der Waals surface area contributed by atoms with Gasteiger partial charge in [0.15, 0.2) is 0 Å². The number of nitrogens with zero attached hydrogens (tertiary/aromatic N) is 4. The fourth-order valence-corrected chi connectivity index (χ4v) is 2.17. The second-order valence-electron chi connectivity index (χ2n) is 4.14. The van der Waals surface area contributed by atoms with Crippen LogP contribution in [-0.2, 0) is 13.0 Å². The summed E-state index contributed by atoms with van der Waals surface area (Å²) in [5.74, 6) is 0. The van der Waals surface area contributed by atoms with Gasteiger partial charge in [-0.3, -0.25) is 14.9 Å². The number of rotatable bonds is 5. The van der Waals surface area contributed by atoms with Crippen molar-refractivity contribution in [1.82, 2.24) is 19.9 Å². The minimum Gasteiger partial charge on any atom is -0.297 e. The summed E-state index contributed by atoms with van der Waals surface area (Å²) in [7, 11) is 2.11. The molecular formula is C12H16N4S. The molecule has 2 aromatic heterocycles. The van der Waals surface area contributed by atoms with Crippen molar-refractivity contribution in [3.05, 3.63) is 40.9 Å². The first-order valence-corrected chi connectivity index (χ1v) is 6.52. The van der Waals surface area contributed by atoms with Gasteiger partial charge in [-0.25, -0.2) is 4.98 Å². The molecule has 2 rings (SSSR count). The molecule has 0 saturated carbocycles. The van der Waals surface area contributed by atoms with Crippen LogP contribution in [0.3, 0.4) is 0 Å². The number of likely N-dealkylation sites (N-methyl/N-ethyl adjacent to an activating group) is 1. The zero-order chi connectivity index (χ0) is 12.1. The minimum atomic E-state index is 0.424. The van der Waals surface area contributed by atoms with E-state index in [1.165, 1.54) is 0 Å². The summed E-state index contributed by atoms with van der Waals surface area (Å²) in [4.78, 5) is 15.0. The first-order valence-electron chi connectivity index (χ1n) is 5.58. The highest BCUT2D eigenvalue weighted by Gasteiger charge is 2.11. The number of hydrogen-bond acceptors (Lipinski definition) is 5. The van der Waals surface area contributed by atoms with E-state index >= 15 is 0 Å². The molecule has 17 heavy (non-hydrogen) atoms. The molecule has 90 valence electrons. The third kappa shape index (κ3) is 3.57. The van der Waals surface area contributed by atoms with E-state index in [4.69, 9.17) is 0 Å². The second-order valence-corrected chi connectivity index (χ2v) is 4.86. The molecule has 4 nitrogen and oxygen atoms in total. The predicted molar refractivity (Wildman–Crippen MR) is 68.8 cm³/mol. The highest BCUT2D eigenvalue weighted by Crippen LogP contribution is 2.09. The molecule has 0 unspecified atom stereocenters. The van der Waals surface area contributed by atoms with Crippen molar-refractivity contribution in [2.45, 2.75) is 25.9 Å². The second kappa shape index (κ2) is 5.84. The lowest BCUT2D eigenvalue weighted by molar-refractivity contribution is 0.244. The SMILES string of the molecule is C[C@H](Cc1cnccn1)N(C)Cc1cscn1. The first kappa shape index (κ1) is 12.1. The molecule has 0 spiro atoms. The van der Waals surface area contributed by atoms with Gasteiger partial charge in [-0.15, -0.1) is 11.3 Å². The molecule has 0 saturated heterocycles. The molecule has 2 heterocycles. The summed E-state index contributed by atoms with van der Waals surface area (Å²) in [5.41, 5.74) is 4.03. The maximum Gasteiger partial charge on any atom is 0.0795 e. The Bertz CT molecular complexity index is 429. The summed E-state index contributed by atoms with van der Waals surface area (Å²) in [6.07, 6.45) is 6.18. The van der Waals surface area contributed by atoms with Gasteiger partial charge < -0.3 is 0 Å². The number of thiazole rings is 1. The Morgan fingerprint density at radius 1 is 1.29 bits per heavy atom. The standard InChI is InChI=1S/C12H16N4S/c1-10(5-11-6-13-3-4-14-11)16(2)7-12-8-17-9-15-12/h3-4,6,8-10H,5,7H2,1-2H3/t10-/m1/s1. The van der Waals surface area contributed by atoms with Crippen LogP contribution in [0.25, 0.3) is 0 Å². The summed E-state index contributed by atoms with van der Waals surface area (Å²) in [6.45, 7) is 3.08. The zero-order valence-corrected chi connectivity index (χ0v) is 10.9. The molecule has 0 aliphatic carbocycles. The molecule has 0 aliphatic heterocycles. The minimum absolute atomic E-state index is 0.424. The van der Waals surface area contributed by atoms with E-state index in [-0.39, 0.29) is 0 Å². The Kier molecular flexibility index (Phi) is 4.17. The molecule has 0 N–H and O–H groups in total. The first-order chi connectivity index (χ1) is 8.25. The smallest absolute Gasteiger partial charge is 0.0795 e. The van der Waals surface area contributed by atoms with Crippen LogP contribution in [0.1, 0.15) is 18.3 Å². The van der Waals surface area contributed by atoms with E-state index in [9.17, 15) is 0 Å². The zero-order valence-electron chi connectivity index (χ0n) is 10.1. The molecule has 0 fully saturated rings. The van der Waals surface area contributed by atoms with E-state index in [1.54, 1.807) is 23.7 Å². The van der Waals surface area contributed by atoms with Crippen LogP contribution in [0.5, 0.6) is 0 Å². The van der Waals surface area contributed by atoms with Crippen molar-refractivity contribution in [2.75, 3.05) is 7.05 Å². The van der Waals surface area contributed by atoms with Crippen molar-refractivity contribution >= 4 is 11.3 Å². The Hall–Kier alpha value is -1.33. The van der Waals surface area contributed by atoms with E-state index in [0.717, 1.165) is 24.4 Å². The molecule has 0 aromatic carbocycles. The topological polar surface area (TPSA) is 41.9 Å². The molecule has 5 heteroatoms. The largest absolute Gasteiger partial charge is 0.297 e. The quantitative estimate of drug-likeness (QED) is 0.811. The molecular weight excluding hydrogens is 232 g/mol. The van der Waals surface area contributed by atoms with Gasteiger partial charge in [-0.2, -0.15) is 0 Å². The van der Waals surface area contributed by atoms with Crippen molar-refractivity contribution in [1.29, 1.82) is 0 Å². The van der Waals surface area contributed by atoms with Crippen LogP contribution in [0.4, 0.5) is 0 Å². The van der Waals surface area contributed by atoms with Gasteiger partial charge >= 0.3 is 0 Å². The Morgan fingerprint density at radius 2 is 2.18 bits per heavy atom. The van der Waals surface area contributed by atoms with Crippen molar-refractivity contribution < 1.29 is 0 Å². The van der Waals surface area contributed by atoms with E-state index in [0.29, 0.717) is 6.04 Å².